The van der Waals surface area contributed by atoms with Crippen LogP contribution in [0.3, 0.4) is 0 Å². The van der Waals surface area contributed by atoms with Crippen molar-refractivity contribution in [3.8, 4) is 0 Å². The molecule has 0 aliphatic heterocycles. The van der Waals surface area contributed by atoms with Gasteiger partial charge in [0.05, 0.1) is 11.4 Å². The van der Waals surface area contributed by atoms with Crippen molar-refractivity contribution >= 4 is 45.5 Å². The standard InChI is InChI=1S/C18H21N3O2S.HI/c1-24(22,23)17-9-5-13(6-10-17)12-20-18(19)21-16-8-7-14-3-2-4-15(14)11-16;/h5-11H,2-4,12H2,1H3,(H3,19,20,21);1H. The third-order valence-corrected chi connectivity index (χ3v) is 5.28. The van der Waals surface area contributed by atoms with E-state index in [1.54, 1.807) is 24.3 Å². The highest BCUT2D eigenvalue weighted by Crippen LogP contribution is 2.24. The Balaban J connectivity index is 0.00000225. The van der Waals surface area contributed by atoms with Gasteiger partial charge in [0.1, 0.15) is 0 Å². The Kier molecular flexibility index (Phi) is 6.45. The van der Waals surface area contributed by atoms with E-state index in [0.29, 0.717) is 17.4 Å². The molecule has 3 N–H and O–H groups in total. The van der Waals surface area contributed by atoms with E-state index in [-0.39, 0.29) is 24.0 Å². The number of nitrogens with one attached hydrogen (secondary N) is 1. The smallest absolute Gasteiger partial charge is 0.193 e. The maximum absolute atomic E-state index is 11.4. The van der Waals surface area contributed by atoms with E-state index in [0.717, 1.165) is 24.1 Å². The van der Waals surface area contributed by atoms with Crippen molar-refractivity contribution in [3.63, 3.8) is 0 Å². The molecule has 7 heteroatoms. The fourth-order valence-electron chi connectivity index (χ4n) is 2.86. The first kappa shape index (κ1) is 19.7. The molecule has 134 valence electrons. The van der Waals surface area contributed by atoms with Gasteiger partial charge in [-0.3, -0.25) is 0 Å². The quantitative estimate of drug-likeness (QED) is 0.408. The van der Waals surface area contributed by atoms with Crippen molar-refractivity contribution in [2.45, 2.75) is 30.7 Å². The number of rotatable bonds is 4. The summed E-state index contributed by atoms with van der Waals surface area (Å²) in [7, 11) is -3.17. The van der Waals surface area contributed by atoms with Crippen LogP contribution in [-0.4, -0.2) is 20.6 Å². The predicted octanol–water partition coefficient (Wildman–Crippen LogP) is 3.12. The number of sulfone groups is 1. The second kappa shape index (κ2) is 8.18. The number of guanidine groups is 1. The van der Waals surface area contributed by atoms with Crippen molar-refractivity contribution in [2.75, 3.05) is 11.6 Å². The van der Waals surface area contributed by atoms with Gasteiger partial charge in [-0.15, -0.1) is 24.0 Å². The summed E-state index contributed by atoms with van der Waals surface area (Å²) in [6, 6.07) is 13.0. The monoisotopic (exact) mass is 471 g/mol. The zero-order valence-corrected chi connectivity index (χ0v) is 17.2. The fourth-order valence-corrected chi connectivity index (χ4v) is 3.49. The van der Waals surface area contributed by atoms with Gasteiger partial charge in [0.2, 0.25) is 0 Å². The number of nitrogens with zero attached hydrogens (tertiary/aromatic N) is 1. The summed E-state index contributed by atoms with van der Waals surface area (Å²) >= 11 is 0. The third kappa shape index (κ3) is 5.18. The molecule has 0 unspecified atom stereocenters. The molecular weight excluding hydrogens is 449 g/mol. The van der Waals surface area contributed by atoms with Crippen molar-refractivity contribution in [3.05, 3.63) is 59.2 Å². The molecule has 2 aromatic rings. The Morgan fingerprint density at radius 3 is 2.48 bits per heavy atom. The van der Waals surface area contributed by atoms with Crippen molar-refractivity contribution in [1.29, 1.82) is 0 Å². The summed E-state index contributed by atoms with van der Waals surface area (Å²) in [5.41, 5.74) is 10.6. The lowest BCUT2D eigenvalue weighted by molar-refractivity contribution is 0.602. The Morgan fingerprint density at radius 2 is 1.80 bits per heavy atom. The van der Waals surface area contributed by atoms with Gasteiger partial charge in [-0.2, -0.15) is 0 Å². The van der Waals surface area contributed by atoms with Crippen molar-refractivity contribution in [2.24, 2.45) is 10.7 Å². The molecule has 2 aromatic carbocycles. The molecule has 0 aromatic heterocycles. The molecule has 1 aliphatic carbocycles. The number of hydrogen-bond donors (Lipinski definition) is 2. The zero-order valence-electron chi connectivity index (χ0n) is 14.0. The molecule has 0 spiro atoms. The molecule has 1 aliphatic rings. The summed E-state index contributed by atoms with van der Waals surface area (Å²) in [5, 5.41) is 3.11. The number of nitrogens with two attached hydrogens (primary N) is 1. The SMILES string of the molecule is CS(=O)(=O)c1ccc(CN=C(N)Nc2ccc3c(c2)CCC3)cc1.I. The minimum Gasteiger partial charge on any atom is -0.370 e. The highest BCUT2D eigenvalue weighted by molar-refractivity contribution is 14.0. The Labute approximate surface area is 165 Å². The molecule has 0 radical (unpaired) electrons. The largest absolute Gasteiger partial charge is 0.370 e. The van der Waals surface area contributed by atoms with Gasteiger partial charge in [0.15, 0.2) is 15.8 Å². The van der Waals surface area contributed by atoms with E-state index in [4.69, 9.17) is 5.73 Å². The highest BCUT2D eigenvalue weighted by Gasteiger charge is 2.11. The highest BCUT2D eigenvalue weighted by atomic mass is 127. The van der Waals surface area contributed by atoms with E-state index in [9.17, 15) is 8.42 Å². The molecule has 0 saturated carbocycles. The van der Waals surface area contributed by atoms with Crippen LogP contribution < -0.4 is 11.1 Å². The lowest BCUT2D eigenvalue weighted by Crippen LogP contribution is -2.22. The lowest BCUT2D eigenvalue weighted by Gasteiger charge is -2.08. The first-order valence-corrected chi connectivity index (χ1v) is 9.79. The van der Waals surface area contributed by atoms with Crippen LogP contribution in [0.5, 0.6) is 0 Å². The van der Waals surface area contributed by atoms with Crippen molar-refractivity contribution in [1.82, 2.24) is 0 Å². The summed E-state index contributed by atoms with van der Waals surface area (Å²) in [4.78, 5) is 4.61. The minimum absolute atomic E-state index is 0. The molecular formula is C18H22IN3O2S. The number of aryl methyl sites for hydroxylation is 2. The molecule has 0 amide bonds. The molecule has 0 fully saturated rings. The number of halogens is 1. The molecule has 0 bridgehead atoms. The van der Waals surface area contributed by atoms with Crippen LogP contribution in [0, 0.1) is 0 Å². The van der Waals surface area contributed by atoms with Crippen LogP contribution >= 0.6 is 24.0 Å². The van der Waals surface area contributed by atoms with E-state index >= 15 is 0 Å². The zero-order chi connectivity index (χ0) is 17.2. The van der Waals surface area contributed by atoms with Crippen molar-refractivity contribution < 1.29 is 8.42 Å². The average Bonchev–Trinajstić information content (AvgIpc) is 3.00. The lowest BCUT2D eigenvalue weighted by atomic mass is 10.1. The van der Waals surface area contributed by atoms with E-state index in [1.807, 2.05) is 6.07 Å². The van der Waals surface area contributed by atoms with Crippen LogP contribution in [-0.2, 0) is 29.2 Å². The minimum atomic E-state index is -3.17. The Bertz CT molecular complexity index is 878. The second-order valence-corrected chi connectivity index (χ2v) is 8.10. The molecule has 5 nitrogen and oxygen atoms in total. The number of benzene rings is 2. The van der Waals surface area contributed by atoms with Crippen LogP contribution in [0.2, 0.25) is 0 Å². The summed E-state index contributed by atoms with van der Waals surface area (Å²) in [6.45, 7) is 0.397. The number of fused-ring (bicyclic) bond motifs is 1. The molecule has 0 heterocycles. The topological polar surface area (TPSA) is 84.5 Å². The predicted molar refractivity (Wildman–Crippen MR) is 112 cm³/mol. The van der Waals surface area contributed by atoms with Gasteiger partial charge >= 0.3 is 0 Å². The third-order valence-electron chi connectivity index (χ3n) is 4.15. The van der Waals surface area contributed by atoms with Crippen LogP contribution in [0.15, 0.2) is 52.4 Å². The van der Waals surface area contributed by atoms with Gasteiger partial charge in [-0.05, 0) is 60.2 Å². The van der Waals surface area contributed by atoms with E-state index < -0.39 is 9.84 Å². The summed E-state index contributed by atoms with van der Waals surface area (Å²) in [5.74, 6) is 0.347. The second-order valence-electron chi connectivity index (χ2n) is 6.08. The Hall–Kier alpha value is -1.61. The maximum atomic E-state index is 11.4. The normalized spacial score (nSPS) is 13.9. The number of anilines is 1. The molecule has 0 saturated heterocycles. The van der Waals surface area contributed by atoms with Gasteiger partial charge in [-0.1, -0.05) is 18.2 Å². The molecule has 0 atom stereocenters. The molecule has 3 rings (SSSR count). The number of hydrogen-bond acceptors (Lipinski definition) is 3. The van der Waals surface area contributed by atoms with Crippen LogP contribution in [0.25, 0.3) is 0 Å². The van der Waals surface area contributed by atoms with Gasteiger partial charge in [-0.25, -0.2) is 13.4 Å². The van der Waals surface area contributed by atoms with Gasteiger partial charge in [0, 0.05) is 11.9 Å². The van der Waals surface area contributed by atoms with E-state index in [1.165, 1.54) is 23.8 Å². The maximum Gasteiger partial charge on any atom is 0.193 e. The Morgan fingerprint density at radius 1 is 1.12 bits per heavy atom. The van der Waals surface area contributed by atoms with E-state index in [2.05, 4.69) is 22.4 Å². The molecule has 25 heavy (non-hydrogen) atoms. The van der Waals surface area contributed by atoms with Crippen LogP contribution in [0.1, 0.15) is 23.1 Å². The summed E-state index contributed by atoms with van der Waals surface area (Å²) in [6.07, 6.45) is 4.68. The van der Waals surface area contributed by atoms with Gasteiger partial charge in [0.25, 0.3) is 0 Å². The summed E-state index contributed by atoms with van der Waals surface area (Å²) < 4.78 is 22.9. The first-order chi connectivity index (χ1) is 11.4. The number of aliphatic imine (C=N–C) groups is 1. The van der Waals surface area contributed by atoms with Crippen LogP contribution in [0.4, 0.5) is 5.69 Å². The first-order valence-electron chi connectivity index (χ1n) is 7.89. The average molecular weight is 471 g/mol. The van der Waals surface area contributed by atoms with Gasteiger partial charge < -0.3 is 11.1 Å². The fraction of sp³-hybridized carbons (Fsp3) is 0.278.